The third kappa shape index (κ3) is 4.63. The van der Waals surface area contributed by atoms with Gasteiger partial charge < -0.3 is 0 Å². The number of hydrogen-bond acceptors (Lipinski definition) is 4. The molecule has 3 aliphatic carbocycles. The van der Waals surface area contributed by atoms with Crippen LogP contribution in [0.1, 0.15) is 58.3 Å². The first kappa shape index (κ1) is 19.3. The van der Waals surface area contributed by atoms with Gasteiger partial charge >= 0.3 is 0 Å². The second-order valence-corrected chi connectivity index (χ2v) is 9.07. The van der Waals surface area contributed by atoms with Crippen molar-refractivity contribution in [3.05, 3.63) is 46.9 Å². The maximum Gasteiger partial charge on any atom is 0.297 e. The number of ketones is 1. The summed E-state index contributed by atoms with van der Waals surface area (Å²) in [5.74, 6) is -0.0473. The molecule has 0 aromatic carbocycles. The lowest BCUT2D eigenvalue weighted by Crippen LogP contribution is -2.35. The molecular formula is C21H28O4S. The van der Waals surface area contributed by atoms with Gasteiger partial charge in [0.2, 0.25) is 0 Å². The molecule has 26 heavy (non-hydrogen) atoms. The number of Topliss-reactive ketones (excluding diaryl/α,β-unsaturated/α-hetero) is 1. The van der Waals surface area contributed by atoms with Crippen LogP contribution in [0.2, 0.25) is 0 Å². The quantitative estimate of drug-likeness (QED) is 0.502. The Morgan fingerprint density at radius 2 is 2.00 bits per heavy atom. The summed E-state index contributed by atoms with van der Waals surface area (Å²) in [6.45, 7) is 2.03. The van der Waals surface area contributed by atoms with Crippen LogP contribution in [0.3, 0.4) is 0 Å². The first-order valence-corrected chi connectivity index (χ1v) is 11.1. The summed E-state index contributed by atoms with van der Waals surface area (Å²) in [6.07, 6.45) is 17.1. The molecule has 0 saturated carbocycles. The molecule has 142 valence electrons. The van der Waals surface area contributed by atoms with Gasteiger partial charge in [0.15, 0.2) is 11.9 Å². The van der Waals surface area contributed by atoms with Crippen molar-refractivity contribution >= 4 is 15.9 Å². The van der Waals surface area contributed by atoms with E-state index in [1.54, 1.807) is 12.2 Å². The van der Waals surface area contributed by atoms with Crippen molar-refractivity contribution in [3.63, 3.8) is 0 Å². The summed E-state index contributed by atoms with van der Waals surface area (Å²) in [5, 5.41) is 0. The Morgan fingerprint density at radius 1 is 1.15 bits per heavy atom. The number of carbonyl (C=O) groups is 1. The predicted octanol–water partition coefficient (Wildman–Crippen LogP) is 4.61. The molecule has 0 saturated heterocycles. The number of carbonyl (C=O) groups excluding carboxylic acids is 1. The van der Waals surface area contributed by atoms with Crippen LogP contribution in [-0.4, -0.2) is 20.3 Å². The van der Waals surface area contributed by atoms with E-state index in [-0.39, 0.29) is 16.6 Å². The average molecular weight is 377 g/mol. The lowest BCUT2D eigenvalue weighted by atomic mass is 9.85. The monoisotopic (exact) mass is 376 g/mol. The molecule has 0 N–H and O–H groups in total. The predicted molar refractivity (Wildman–Crippen MR) is 103 cm³/mol. The fourth-order valence-electron chi connectivity index (χ4n) is 3.71. The van der Waals surface area contributed by atoms with Crippen LogP contribution in [0.4, 0.5) is 0 Å². The van der Waals surface area contributed by atoms with Crippen LogP contribution in [0.25, 0.3) is 0 Å². The van der Waals surface area contributed by atoms with Gasteiger partial charge in [0.1, 0.15) is 0 Å². The smallest absolute Gasteiger partial charge is 0.296 e. The topological polar surface area (TPSA) is 60.4 Å². The molecule has 0 aliphatic heterocycles. The number of allylic oxidation sites excluding steroid dienone is 6. The molecular weight excluding hydrogens is 348 g/mol. The van der Waals surface area contributed by atoms with Crippen molar-refractivity contribution in [2.45, 2.75) is 64.4 Å². The first-order chi connectivity index (χ1) is 12.5. The highest BCUT2D eigenvalue weighted by Crippen LogP contribution is 2.31. The van der Waals surface area contributed by atoms with Crippen molar-refractivity contribution < 1.29 is 17.4 Å². The number of rotatable bonds is 6. The largest absolute Gasteiger partial charge is 0.297 e. The molecule has 0 heterocycles. The van der Waals surface area contributed by atoms with Crippen molar-refractivity contribution in [1.29, 1.82) is 0 Å². The summed E-state index contributed by atoms with van der Waals surface area (Å²) in [5.41, 5.74) is 0.831. The normalized spacial score (nSPS) is 27.6. The van der Waals surface area contributed by atoms with Crippen LogP contribution in [0.5, 0.6) is 0 Å². The van der Waals surface area contributed by atoms with Crippen molar-refractivity contribution in [2.75, 3.05) is 0 Å². The van der Waals surface area contributed by atoms with Crippen molar-refractivity contribution in [2.24, 2.45) is 11.8 Å². The Morgan fingerprint density at radius 3 is 2.62 bits per heavy atom. The maximum atomic E-state index is 13.1. The molecule has 3 aliphatic rings. The summed E-state index contributed by atoms with van der Waals surface area (Å²) in [7, 11) is -3.95. The van der Waals surface area contributed by atoms with E-state index in [1.807, 2.05) is 31.2 Å². The van der Waals surface area contributed by atoms with Crippen LogP contribution >= 0.6 is 0 Å². The van der Waals surface area contributed by atoms with Gasteiger partial charge in [-0.1, -0.05) is 37.3 Å². The molecule has 0 amide bonds. The molecule has 0 aromatic rings. The highest BCUT2D eigenvalue weighted by atomic mass is 32.2. The third-order valence-corrected chi connectivity index (χ3v) is 6.66. The highest BCUT2D eigenvalue weighted by Gasteiger charge is 2.35. The second-order valence-electron chi connectivity index (χ2n) is 7.50. The minimum atomic E-state index is -3.95. The Hall–Kier alpha value is -1.46. The summed E-state index contributed by atoms with van der Waals surface area (Å²) in [6, 6.07) is 0. The molecule has 4 nitrogen and oxygen atoms in total. The van der Waals surface area contributed by atoms with E-state index in [0.717, 1.165) is 50.5 Å². The zero-order chi connectivity index (χ0) is 18.6. The van der Waals surface area contributed by atoms with E-state index in [0.29, 0.717) is 12.3 Å². The lowest BCUT2D eigenvalue weighted by Gasteiger charge is -2.26. The molecule has 0 spiro atoms. The van der Waals surface area contributed by atoms with Gasteiger partial charge in [-0.2, -0.15) is 8.42 Å². The zero-order valence-corrected chi connectivity index (χ0v) is 16.2. The molecule has 5 heteroatoms. The Balaban J connectivity index is 1.84. The molecule has 2 unspecified atom stereocenters. The molecule has 3 atom stereocenters. The van der Waals surface area contributed by atoms with Gasteiger partial charge in [0, 0.05) is 5.92 Å². The van der Waals surface area contributed by atoms with Crippen LogP contribution < -0.4 is 0 Å². The molecule has 0 radical (unpaired) electrons. The minimum absolute atomic E-state index is 0.119. The molecule has 0 aromatic heterocycles. The SMILES string of the molecule is CC1C=CC(S(=O)(=O)OC(C(=O)[C@@H]2C=CCCC2)C2=CCCCC2)=CC1. The average Bonchev–Trinajstić information content (AvgIpc) is 2.67. The van der Waals surface area contributed by atoms with Crippen LogP contribution in [0, 0.1) is 11.8 Å². The molecule has 3 rings (SSSR count). The Bertz CT molecular complexity index is 755. The van der Waals surface area contributed by atoms with Crippen LogP contribution in [0.15, 0.2) is 46.9 Å². The minimum Gasteiger partial charge on any atom is -0.296 e. The van der Waals surface area contributed by atoms with E-state index in [4.69, 9.17) is 4.18 Å². The van der Waals surface area contributed by atoms with Gasteiger partial charge in [-0.25, -0.2) is 0 Å². The van der Waals surface area contributed by atoms with Gasteiger partial charge in [0.25, 0.3) is 10.1 Å². The summed E-state index contributed by atoms with van der Waals surface area (Å²) in [4.78, 5) is 13.3. The van der Waals surface area contributed by atoms with Crippen molar-refractivity contribution in [3.8, 4) is 0 Å². The van der Waals surface area contributed by atoms with Crippen LogP contribution in [-0.2, 0) is 19.1 Å². The number of hydrogen-bond donors (Lipinski definition) is 0. The molecule has 0 fully saturated rings. The second kappa shape index (κ2) is 8.49. The first-order valence-electron chi connectivity index (χ1n) is 9.68. The van der Waals surface area contributed by atoms with E-state index >= 15 is 0 Å². The molecule has 0 bridgehead atoms. The van der Waals surface area contributed by atoms with Gasteiger partial charge in [0.05, 0.1) is 4.91 Å². The third-order valence-electron chi connectivity index (χ3n) is 5.33. The Kier molecular flexibility index (Phi) is 6.30. The maximum absolute atomic E-state index is 13.1. The van der Waals surface area contributed by atoms with E-state index < -0.39 is 16.2 Å². The van der Waals surface area contributed by atoms with E-state index in [2.05, 4.69) is 0 Å². The van der Waals surface area contributed by atoms with Gasteiger partial charge in [-0.3, -0.25) is 8.98 Å². The van der Waals surface area contributed by atoms with E-state index in [1.165, 1.54) is 0 Å². The lowest BCUT2D eigenvalue weighted by molar-refractivity contribution is -0.127. The standard InChI is InChI=1S/C21H28O4S/c1-16-12-14-19(15-13-16)26(23,24)25-21(18-10-6-3-7-11-18)20(22)17-8-4-2-5-9-17/h4,8,10,12,14-17,21H,2-3,5-7,9,11,13H2,1H3/t16?,17-,21?/m1/s1. The van der Waals surface area contributed by atoms with E-state index in [9.17, 15) is 13.2 Å². The van der Waals surface area contributed by atoms with Crippen molar-refractivity contribution in [1.82, 2.24) is 0 Å². The zero-order valence-electron chi connectivity index (χ0n) is 15.4. The fourth-order valence-corrected chi connectivity index (χ4v) is 4.84. The van der Waals surface area contributed by atoms with Gasteiger partial charge in [-0.15, -0.1) is 0 Å². The summed E-state index contributed by atoms with van der Waals surface area (Å²) < 4.78 is 31.2. The van der Waals surface area contributed by atoms with Gasteiger partial charge in [-0.05, 0) is 68.9 Å². The highest BCUT2D eigenvalue weighted by molar-refractivity contribution is 7.91. The summed E-state index contributed by atoms with van der Waals surface area (Å²) >= 11 is 0. The fraction of sp³-hybridized carbons (Fsp3) is 0.571. The Labute approximate surface area is 156 Å².